The summed E-state index contributed by atoms with van der Waals surface area (Å²) in [5, 5.41) is 5.78. The van der Waals surface area contributed by atoms with Crippen LogP contribution in [0.15, 0.2) is 59.7 Å². The van der Waals surface area contributed by atoms with Crippen LogP contribution in [0, 0.1) is 5.82 Å². The standard InChI is InChI=1S/C31H32FN5O4S2/c1-36-19-21(16-25(31(36)39)34-28-11-10-22(18-33-28)37-12-14-43(40,41)15-13-37)23-7-5-8-24(29(23)32)35-30(38)27-17-20-6-3-2-4-9-26(20)42-27/h5,7-8,10-11,16-19H,2-4,6,9,12-15H2,1H3,(H,33,34)(H,35,38). The van der Waals surface area contributed by atoms with Gasteiger partial charge in [-0.25, -0.2) is 17.8 Å². The number of nitrogens with one attached hydrogen (secondary N) is 2. The van der Waals surface area contributed by atoms with Crippen LogP contribution in [0.3, 0.4) is 0 Å². The van der Waals surface area contributed by atoms with Crippen molar-refractivity contribution in [3.05, 3.63) is 86.3 Å². The van der Waals surface area contributed by atoms with Gasteiger partial charge in [0.25, 0.3) is 11.5 Å². The maximum absolute atomic E-state index is 15.8. The van der Waals surface area contributed by atoms with Crippen LogP contribution in [0.2, 0.25) is 0 Å². The highest BCUT2D eigenvalue weighted by Crippen LogP contribution is 2.32. The zero-order valence-electron chi connectivity index (χ0n) is 23.7. The van der Waals surface area contributed by atoms with E-state index in [9.17, 15) is 18.0 Å². The van der Waals surface area contributed by atoms with E-state index in [-0.39, 0.29) is 39.9 Å². The van der Waals surface area contributed by atoms with Gasteiger partial charge in [-0.3, -0.25) is 9.59 Å². The summed E-state index contributed by atoms with van der Waals surface area (Å²) in [5.41, 5.74) is 2.65. The molecule has 43 heavy (non-hydrogen) atoms. The zero-order chi connectivity index (χ0) is 30.1. The fourth-order valence-corrected chi connectivity index (χ4v) is 7.87. The molecule has 0 spiro atoms. The van der Waals surface area contributed by atoms with Gasteiger partial charge in [-0.2, -0.15) is 0 Å². The highest BCUT2D eigenvalue weighted by Gasteiger charge is 2.22. The maximum Gasteiger partial charge on any atom is 0.274 e. The number of amides is 1. The smallest absolute Gasteiger partial charge is 0.274 e. The van der Waals surface area contributed by atoms with E-state index in [2.05, 4.69) is 15.6 Å². The van der Waals surface area contributed by atoms with Gasteiger partial charge in [0.1, 0.15) is 11.5 Å². The van der Waals surface area contributed by atoms with Gasteiger partial charge in [-0.15, -0.1) is 11.3 Å². The summed E-state index contributed by atoms with van der Waals surface area (Å²) in [6.07, 6.45) is 8.56. The van der Waals surface area contributed by atoms with Crippen molar-refractivity contribution in [3.8, 4) is 11.1 Å². The number of aromatic nitrogens is 2. The van der Waals surface area contributed by atoms with Crippen molar-refractivity contribution in [2.75, 3.05) is 40.1 Å². The first-order chi connectivity index (χ1) is 20.7. The second-order valence-corrected chi connectivity index (χ2v) is 14.4. The molecule has 6 rings (SSSR count). The maximum atomic E-state index is 15.8. The number of halogens is 1. The van der Waals surface area contributed by atoms with Crippen LogP contribution in [0.25, 0.3) is 11.1 Å². The van der Waals surface area contributed by atoms with E-state index >= 15 is 4.39 Å². The summed E-state index contributed by atoms with van der Waals surface area (Å²) < 4.78 is 40.6. The average Bonchev–Trinajstić information content (AvgIpc) is 3.27. The van der Waals surface area contributed by atoms with Crippen molar-refractivity contribution in [2.45, 2.75) is 32.1 Å². The molecule has 224 valence electrons. The van der Waals surface area contributed by atoms with E-state index in [0.29, 0.717) is 29.3 Å². The van der Waals surface area contributed by atoms with Crippen molar-refractivity contribution >= 4 is 50.0 Å². The number of sulfone groups is 1. The first-order valence-corrected chi connectivity index (χ1v) is 16.9. The number of hydrogen-bond donors (Lipinski definition) is 2. The van der Waals surface area contributed by atoms with Gasteiger partial charge in [0, 0.05) is 42.3 Å². The molecule has 2 N–H and O–H groups in total. The van der Waals surface area contributed by atoms with E-state index in [1.54, 1.807) is 43.7 Å². The first kappa shape index (κ1) is 29.1. The van der Waals surface area contributed by atoms with Crippen LogP contribution in [-0.4, -0.2) is 48.5 Å². The number of carbonyl (C=O) groups is 1. The number of carbonyl (C=O) groups excluding carboxylic acids is 1. The van der Waals surface area contributed by atoms with Gasteiger partial charge in [0.2, 0.25) is 0 Å². The third-order valence-corrected chi connectivity index (χ3v) is 10.8. The number of benzene rings is 1. The molecular formula is C31H32FN5O4S2. The number of nitrogens with zero attached hydrogens (tertiary/aromatic N) is 3. The molecule has 0 radical (unpaired) electrons. The summed E-state index contributed by atoms with van der Waals surface area (Å²) in [6.45, 7) is 0.805. The van der Waals surface area contributed by atoms with Gasteiger partial charge < -0.3 is 20.1 Å². The van der Waals surface area contributed by atoms with Gasteiger partial charge in [0.15, 0.2) is 15.7 Å². The molecule has 1 fully saturated rings. The number of rotatable bonds is 6. The quantitative estimate of drug-likeness (QED) is 0.287. The molecule has 1 aliphatic heterocycles. The van der Waals surface area contributed by atoms with E-state index in [1.165, 1.54) is 38.8 Å². The summed E-state index contributed by atoms with van der Waals surface area (Å²) >= 11 is 1.48. The predicted molar refractivity (Wildman–Crippen MR) is 169 cm³/mol. The van der Waals surface area contributed by atoms with Crippen molar-refractivity contribution in [1.82, 2.24) is 9.55 Å². The first-order valence-electron chi connectivity index (χ1n) is 14.3. The van der Waals surface area contributed by atoms with Gasteiger partial charge in [0.05, 0.1) is 34.0 Å². The summed E-state index contributed by atoms with van der Waals surface area (Å²) in [5.74, 6) is -0.305. The molecule has 12 heteroatoms. The highest BCUT2D eigenvalue weighted by atomic mass is 32.2. The van der Waals surface area contributed by atoms with Gasteiger partial charge >= 0.3 is 0 Å². The lowest BCUT2D eigenvalue weighted by Gasteiger charge is -2.28. The Bertz CT molecular complexity index is 1810. The molecule has 4 heterocycles. The number of hydrogen-bond acceptors (Lipinski definition) is 8. The fourth-order valence-electron chi connectivity index (χ4n) is 5.52. The number of fused-ring (bicyclic) bond motifs is 1. The molecular weight excluding hydrogens is 590 g/mol. The summed E-state index contributed by atoms with van der Waals surface area (Å²) in [7, 11) is -1.41. The van der Waals surface area contributed by atoms with Crippen molar-refractivity contribution in [2.24, 2.45) is 7.05 Å². The number of pyridine rings is 2. The van der Waals surface area contributed by atoms with Crippen molar-refractivity contribution in [3.63, 3.8) is 0 Å². The molecule has 0 bridgehead atoms. The molecule has 1 saturated heterocycles. The van der Waals surface area contributed by atoms with Gasteiger partial charge in [-0.1, -0.05) is 18.6 Å². The number of thiophene rings is 1. The Balaban J connectivity index is 1.21. The van der Waals surface area contributed by atoms with E-state index in [0.717, 1.165) is 31.4 Å². The van der Waals surface area contributed by atoms with Crippen molar-refractivity contribution in [1.29, 1.82) is 0 Å². The molecule has 3 aromatic heterocycles. The Morgan fingerprint density at radius 2 is 1.81 bits per heavy atom. The zero-order valence-corrected chi connectivity index (χ0v) is 25.4. The monoisotopic (exact) mass is 621 g/mol. The molecule has 1 aromatic carbocycles. The summed E-state index contributed by atoms with van der Waals surface area (Å²) in [6, 6.07) is 11.8. The minimum atomic E-state index is -2.99. The number of anilines is 4. The summed E-state index contributed by atoms with van der Waals surface area (Å²) in [4.78, 5) is 34.2. The van der Waals surface area contributed by atoms with Crippen LogP contribution in [0.4, 0.5) is 27.3 Å². The second-order valence-electron chi connectivity index (χ2n) is 11.0. The molecule has 1 amide bonds. The number of aryl methyl sites for hydroxylation is 3. The Morgan fingerprint density at radius 3 is 2.58 bits per heavy atom. The Labute approximate surface area is 253 Å². The normalized spacial score (nSPS) is 16.3. The van der Waals surface area contributed by atoms with E-state index < -0.39 is 15.7 Å². The predicted octanol–water partition coefficient (Wildman–Crippen LogP) is 5.15. The average molecular weight is 622 g/mol. The Kier molecular flexibility index (Phi) is 8.06. The van der Waals surface area contributed by atoms with Crippen LogP contribution in [-0.2, 0) is 29.7 Å². The van der Waals surface area contributed by atoms with E-state index in [1.807, 2.05) is 17.0 Å². The Hall–Kier alpha value is -4.03. The fraction of sp³-hybridized carbons (Fsp3) is 0.323. The Morgan fingerprint density at radius 1 is 1.02 bits per heavy atom. The molecule has 2 aliphatic rings. The SMILES string of the molecule is Cn1cc(-c2cccc(NC(=O)c3cc4c(s3)CCCCC4)c2F)cc(Nc2ccc(N3CCS(=O)(=O)CC3)cn2)c1=O. The lowest BCUT2D eigenvalue weighted by molar-refractivity contribution is 0.103. The van der Waals surface area contributed by atoms with Crippen LogP contribution in [0.1, 0.15) is 39.4 Å². The largest absolute Gasteiger partial charge is 0.368 e. The third kappa shape index (κ3) is 6.35. The lowest BCUT2D eigenvalue weighted by atomic mass is 10.1. The van der Waals surface area contributed by atoms with E-state index in [4.69, 9.17) is 0 Å². The molecule has 4 aromatic rings. The van der Waals surface area contributed by atoms with Crippen LogP contribution < -0.4 is 21.1 Å². The van der Waals surface area contributed by atoms with Gasteiger partial charge in [-0.05, 0) is 61.6 Å². The highest BCUT2D eigenvalue weighted by molar-refractivity contribution is 7.91. The second kappa shape index (κ2) is 11.9. The minimum Gasteiger partial charge on any atom is -0.368 e. The molecule has 1 aliphatic carbocycles. The van der Waals surface area contributed by atoms with Crippen LogP contribution in [0.5, 0.6) is 0 Å². The molecule has 0 unspecified atom stereocenters. The third-order valence-electron chi connectivity index (χ3n) is 7.93. The lowest BCUT2D eigenvalue weighted by Crippen LogP contribution is -2.40. The minimum absolute atomic E-state index is 0.0669. The van der Waals surface area contributed by atoms with Crippen LogP contribution >= 0.6 is 11.3 Å². The molecule has 9 nitrogen and oxygen atoms in total. The molecule has 0 atom stereocenters. The topological polar surface area (TPSA) is 113 Å². The van der Waals surface area contributed by atoms with Crippen molar-refractivity contribution < 1.29 is 17.6 Å². The molecule has 0 saturated carbocycles.